The van der Waals surface area contributed by atoms with Crippen LogP contribution in [0.3, 0.4) is 0 Å². The van der Waals surface area contributed by atoms with Gasteiger partial charge in [0.25, 0.3) is 0 Å². The Bertz CT molecular complexity index is 586. The van der Waals surface area contributed by atoms with Crippen LogP contribution in [0, 0.1) is 5.92 Å². The molecule has 1 aliphatic rings. The van der Waals surface area contributed by atoms with Crippen LogP contribution in [0.25, 0.3) is 11.1 Å². The minimum Gasteiger partial charge on any atom is -0.326 e. The molecule has 0 radical (unpaired) electrons. The second-order valence-corrected chi connectivity index (χ2v) is 5.48. The summed E-state index contributed by atoms with van der Waals surface area (Å²) in [4.78, 5) is 12.2. The van der Waals surface area contributed by atoms with Crippen molar-refractivity contribution in [2.75, 3.05) is 18.4 Å². The van der Waals surface area contributed by atoms with E-state index in [-0.39, 0.29) is 11.8 Å². The van der Waals surface area contributed by atoms with Gasteiger partial charge in [-0.25, -0.2) is 0 Å². The predicted octanol–water partition coefficient (Wildman–Crippen LogP) is 3.29. The normalized spacial score (nSPS) is 18.2. The molecule has 1 saturated heterocycles. The molecule has 3 nitrogen and oxygen atoms in total. The van der Waals surface area contributed by atoms with Crippen LogP contribution in [0.15, 0.2) is 54.6 Å². The van der Waals surface area contributed by atoms with Gasteiger partial charge in [0.05, 0.1) is 5.92 Å². The van der Waals surface area contributed by atoms with Crippen molar-refractivity contribution in [2.45, 2.75) is 12.8 Å². The molecule has 108 valence electrons. The Morgan fingerprint density at radius 2 is 1.71 bits per heavy atom. The molecule has 2 aromatic carbocycles. The van der Waals surface area contributed by atoms with E-state index in [1.54, 1.807) is 0 Å². The summed E-state index contributed by atoms with van der Waals surface area (Å²) >= 11 is 0. The molecular weight excluding hydrogens is 260 g/mol. The average Bonchev–Trinajstić information content (AvgIpc) is 2.57. The Labute approximate surface area is 125 Å². The largest absolute Gasteiger partial charge is 0.326 e. The minimum absolute atomic E-state index is 0.0903. The second kappa shape index (κ2) is 6.55. The maximum Gasteiger partial charge on any atom is 0.228 e. The molecule has 0 bridgehead atoms. The van der Waals surface area contributed by atoms with Gasteiger partial charge in [-0.2, -0.15) is 0 Å². The lowest BCUT2D eigenvalue weighted by molar-refractivity contribution is -0.120. The number of carbonyl (C=O) groups excluding carboxylic acids is 1. The van der Waals surface area contributed by atoms with Crippen LogP contribution in [0.5, 0.6) is 0 Å². The number of anilines is 1. The Morgan fingerprint density at radius 3 is 2.38 bits per heavy atom. The molecule has 0 saturated carbocycles. The maximum absolute atomic E-state index is 12.2. The third-order valence-corrected chi connectivity index (χ3v) is 3.93. The van der Waals surface area contributed by atoms with Crippen molar-refractivity contribution in [3.63, 3.8) is 0 Å². The van der Waals surface area contributed by atoms with Crippen molar-refractivity contribution in [1.82, 2.24) is 5.32 Å². The average molecular weight is 280 g/mol. The van der Waals surface area contributed by atoms with E-state index < -0.39 is 0 Å². The molecule has 1 fully saturated rings. The van der Waals surface area contributed by atoms with Gasteiger partial charge in [0.1, 0.15) is 0 Å². The third-order valence-electron chi connectivity index (χ3n) is 3.93. The topological polar surface area (TPSA) is 41.1 Å². The van der Waals surface area contributed by atoms with Crippen LogP contribution in [0.1, 0.15) is 12.8 Å². The molecule has 0 unspecified atom stereocenters. The van der Waals surface area contributed by atoms with Crippen molar-refractivity contribution in [3.8, 4) is 11.1 Å². The SMILES string of the molecule is O=C(Nc1ccc(-c2ccccc2)cc1)[C@H]1CCCNC1. The van der Waals surface area contributed by atoms with E-state index in [2.05, 4.69) is 22.8 Å². The van der Waals surface area contributed by atoms with Gasteiger partial charge in [0, 0.05) is 12.2 Å². The molecule has 0 aliphatic carbocycles. The van der Waals surface area contributed by atoms with Gasteiger partial charge in [-0.05, 0) is 42.6 Å². The molecule has 1 aliphatic heterocycles. The van der Waals surface area contributed by atoms with Gasteiger partial charge in [-0.1, -0.05) is 42.5 Å². The summed E-state index contributed by atoms with van der Waals surface area (Å²) in [5.74, 6) is 0.210. The molecule has 3 rings (SSSR count). The zero-order chi connectivity index (χ0) is 14.5. The number of rotatable bonds is 3. The summed E-state index contributed by atoms with van der Waals surface area (Å²) in [5, 5.41) is 6.28. The lowest BCUT2D eigenvalue weighted by Crippen LogP contribution is -2.37. The zero-order valence-corrected chi connectivity index (χ0v) is 12.0. The molecule has 2 aromatic rings. The summed E-state index contributed by atoms with van der Waals surface area (Å²) in [5.41, 5.74) is 3.21. The van der Waals surface area contributed by atoms with Crippen LogP contribution in [-0.2, 0) is 4.79 Å². The second-order valence-electron chi connectivity index (χ2n) is 5.48. The number of nitrogens with one attached hydrogen (secondary N) is 2. The maximum atomic E-state index is 12.2. The molecule has 1 atom stereocenters. The van der Waals surface area contributed by atoms with E-state index in [1.807, 2.05) is 42.5 Å². The fraction of sp³-hybridized carbons (Fsp3) is 0.278. The highest BCUT2D eigenvalue weighted by atomic mass is 16.1. The fourth-order valence-corrected chi connectivity index (χ4v) is 2.70. The van der Waals surface area contributed by atoms with Crippen LogP contribution >= 0.6 is 0 Å². The molecule has 0 spiro atoms. The number of piperidine rings is 1. The lowest BCUT2D eigenvalue weighted by Gasteiger charge is -2.21. The van der Waals surface area contributed by atoms with Crippen molar-refractivity contribution in [1.29, 1.82) is 0 Å². The Kier molecular flexibility index (Phi) is 4.31. The van der Waals surface area contributed by atoms with Crippen LogP contribution in [-0.4, -0.2) is 19.0 Å². The van der Waals surface area contributed by atoms with E-state index in [1.165, 1.54) is 5.56 Å². The number of hydrogen-bond donors (Lipinski definition) is 2. The van der Waals surface area contributed by atoms with E-state index in [0.29, 0.717) is 0 Å². The van der Waals surface area contributed by atoms with Crippen LogP contribution in [0.2, 0.25) is 0 Å². The molecule has 1 amide bonds. The van der Waals surface area contributed by atoms with E-state index in [9.17, 15) is 4.79 Å². The Morgan fingerprint density at radius 1 is 1.00 bits per heavy atom. The van der Waals surface area contributed by atoms with Gasteiger partial charge in [-0.15, -0.1) is 0 Å². The molecule has 2 N–H and O–H groups in total. The zero-order valence-electron chi connectivity index (χ0n) is 12.0. The third kappa shape index (κ3) is 3.50. The summed E-state index contributed by atoms with van der Waals surface area (Å²) in [6, 6.07) is 18.3. The van der Waals surface area contributed by atoms with Gasteiger partial charge < -0.3 is 10.6 Å². The lowest BCUT2D eigenvalue weighted by atomic mass is 9.98. The Hall–Kier alpha value is -2.13. The van der Waals surface area contributed by atoms with Crippen molar-refractivity contribution in [3.05, 3.63) is 54.6 Å². The van der Waals surface area contributed by atoms with Gasteiger partial charge in [-0.3, -0.25) is 4.79 Å². The smallest absolute Gasteiger partial charge is 0.228 e. The molecule has 0 aromatic heterocycles. The number of benzene rings is 2. The van der Waals surface area contributed by atoms with E-state index in [0.717, 1.165) is 37.2 Å². The van der Waals surface area contributed by atoms with E-state index in [4.69, 9.17) is 0 Å². The predicted molar refractivity (Wildman–Crippen MR) is 86.1 cm³/mol. The summed E-state index contributed by atoms with van der Waals surface area (Å²) in [7, 11) is 0. The quantitative estimate of drug-likeness (QED) is 0.906. The first kappa shape index (κ1) is 13.8. The number of carbonyl (C=O) groups is 1. The summed E-state index contributed by atoms with van der Waals surface area (Å²) < 4.78 is 0. The van der Waals surface area contributed by atoms with Crippen molar-refractivity contribution < 1.29 is 4.79 Å². The first-order valence-corrected chi connectivity index (χ1v) is 7.50. The summed E-state index contributed by atoms with van der Waals surface area (Å²) in [6.07, 6.45) is 2.05. The Balaban J connectivity index is 1.65. The van der Waals surface area contributed by atoms with Crippen LogP contribution < -0.4 is 10.6 Å². The minimum atomic E-state index is 0.0903. The molecular formula is C18H20N2O. The first-order valence-electron chi connectivity index (χ1n) is 7.50. The highest BCUT2D eigenvalue weighted by molar-refractivity contribution is 5.93. The van der Waals surface area contributed by atoms with Crippen molar-refractivity contribution in [2.24, 2.45) is 5.92 Å². The molecule has 1 heterocycles. The van der Waals surface area contributed by atoms with Gasteiger partial charge in [0.15, 0.2) is 0 Å². The van der Waals surface area contributed by atoms with Crippen LogP contribution in [0.4, 0.5) is 5.69 Å². The monoisotopic (exact) mass is 280 g/mol. The molecule has 21 heavy (non-hydrogen) atoms. The number of hydrogen-bond acceptors (Lipinski definition) is 2. The number of amides is 1. The fourth-order valence-electron chi connectivity index (χ4n) is 2.70. The van der Waals surface area contributed by atoms with Crippen molar-refractivity contribution >= 4 is 11.6 Å². The summed E-state index contributed by atoms with van der Waals surface area (Å²) in [6.45, 7) is 1.81. The van der Waals surface area contributed by atoms with E-state index >= 15 is 0 Å². The van der Waals surface area contributed by atoms with Gasteiger partial charge in [0.2, 0.25) is 5.91 Å². The first-order chi connectivity index (χ1) is 10.3. The molecule has 3 heteroatoms. The highest BCUT2D eigenvalue weighted by Crippen LogP contribution is 2.21. The van der Waals surface area contributed by atoms with Gasteiger partial charge >= 0.3 is 0 Å². The highest BCUT2D eigenvalue weighted by Gasteiger charge is 2.20. The standard InChI is InChI=1S/C18H20N2O/c21-18(16-7-4-12-19-13-16)20-17-10-8-15(9-11-17)14-5-2-1-3-6-14/h1-3,5-6,8-11,16,19H,4,7,12-13H2,(H,20,21)/t16-/m0/s1.